The van der Waals surface area contributed by atoms with Crippen LogP contribution in [0.3, 0.4) is 0 Å². The van der Waals surface area contributed by atoms with E-state index in [4.69, 9.17) is 4.74 Å². The van der Waals surface area contributed by atoms with Gasteiger partial charge in [-0.15, -0.1) is 0 Å². The summed E-state index contributed by atoms with van der Waals surface area (Å²) >= 11 is 0. The van der Waals surface area contributed by atoms with Crippen molar-refractivity contribution in [3.8, 4) is 0 Å². The van der Waals surface area contributed by atoms with Gasteiger partial charge < -0.3 is 14.3 Å². The molecule has 1 aromatic heterocycles. The first-order valence-electron chi connectivity index (χ1n) is 9.44. The molecule has 0 aromatic carbocycles. The number of rotatable bonds is 5. The minimum atomic E-state index is 0.122. The first-order chi connectivity index (χ1) is 11.8. The fraction of sp³-hybridized carbons (Fsp3) is 0.700. The molecule has 5 nitrogen and oxygen atoms in total. The van der Waals surface area contributed by atoms with Crippen LogP contribution in [0.5, 0.6) is 0 Å². The van der Waals surface area contributed by atoms with Crippen LogP contribution < -0.4 is 5.43 Å². The fourth-order valence-electron chi connectivity index (χ4n) is 4.09. The van der Waals surface area contributed by atoms with Crippen molar-refractivity contribution in [2.24, 2.45) is 5.41 Å². The van der Waals surface area contributed by atoms with Gasteiger partial charge in [-0.25, -0.2) is 5.43 Å². The molecule has 1 saturated heterocycles. The molecule has 0 saturated carbocycles. The molecule has 1 fully saturated rings. The molecule has 2 atom stereocenters. The number of aromatic nitrogens is 1. The third kappa shape index (κ3) is 3.78. The summed E-state index contributed by atoms with van der Waals surface area (Å²) in [5, 5.41) is 2.45. The number of hydrazine groups is 1. The predicted octanol–water partition coefficient (Wildman–Crippen LogP) is 3.07. The van der Waals surface area contributed by atoms with Crippen LogP contribution in [0.4, 0.5) is 0 Å². The van der Waals surface area contributed by atoms with Crippen molar-refractivity contribution in [2.45, 2.75) is 53.2 Å². The topological polar surface area (TPSA) is 32.7 Å². The molecule has 0 radical (unpaired) electrons. The van der Waals surface area contributed by atoms with Crippen LogP contribution in [0.2, 0.25) is 0 Å². The van der Waals surface area contributed by atoms with Crippen molar-refractivity contribution in [3.63, 3.8) is 0 Å². The van der Waals surface area contributed by atoms with Crippen LogP contribution in [-0.2, 0) is 4.74 Å². The molecule has 0 amide bonds. The monoisotopic (exact) mass is 346 g/mol. The predicted molar refractivity (Wildman–Crippen MR) is 102 cm³/mol. The number of hydrogen-bond acceptors (Lipinski definition) is 4. The number of nitrogens with one attached hydrogen (secondary N) is 1. The van der Waals surface area contributed by atoms with Crippen molar-refractivity contribution in [1.82, 2.24) is 19.9 Å². The molecule has 3 heterocycles. The van der Waals surface area contributed by atoms with Crippen molar-refractivity contribution in [1.29, 1.82) is 0 Å². The Balaban J connectivity index is 1.79. The van der Waals surface area contributed by atoms with E-state index in [1.54, 1.807) is 7.11 Å². The summed E-state index contributed by atoms with van der Waals surface area (Å²) in [5.41, 5.74) is 7.92. The number of aryl methyl sites for hydroxylation is 2. The third-order valence-corrected chi connectivity index (χ3v) is 5.44. The molecule has 25 heavy (non-hydrogen) atoms. The van der Waals surface area contributed by atoms with E-state index in [-0.39, 0.29) is 11.6 Å². The van der Waals surface area contributed by atoms with E-state index in [2.05, 4.69) is 72.7 Å². The largest absolute Gasteiger partial charge is 0.383 e. The molecule has 2 aliphatic heterocycles. The fourth-order valence-corrected chi connectivity index (χ4v) is 4.09. The maximum atomic E-state index is 5.25. The van der Waals surface area contributed by atoms with Gasteiger partial charge >= 0.3 is 0 Å². The normalized spacial score (nSPS) is 25.0. The Bertz CT molecular complexity index is 609. The minimum Gasteiger partial charge on any atom is -0.383 e. The van der Waals surface area contributed by atoms with Crippen LogP contribution in [-0.4, -0.2) is 53.9 Å². The molecule has 5 heteroatoms. The van der Waals surface area contributed by atoms with E-state index in [9.17, 15) is 0 Å². The van der Waals surface area contributed by atoms with Crippen LogP contribution in [0.25, 0.3) is 0 Å². The van der Waals surface area contributed by atoms with Crippen LogP contribution in [0, 0.1) is 19.3 Å². The second-order valence-electron chi connectivity index (χ2n) is 8.47. The molecular formula is C20H34N4O. The number of nitrogens with zero attached hydrogens (tertiary/aromatic N) is 3. The Morgan fingerprint density at radius 1 is 1.20 bits per heavy atom. The lowest BCUT2D eigenvalue weighted by atomic mass is 9.90. The van der Waals surface area contributed by atoms with Crippen molar-refractivity contribution in [2.75, 3.05) is 33.4 Å². The van der Waals surface area contributed by atoms with Gasteiger partial charge in [-0.05, 0) is 38.5 Å². The van der Waals surface area contributed by atoms with Gasteiger partial charge in [0.25, 0.3) is 0 Å². The SMILES string of the molecule is COCCN1CC[C@@H](N2NC(n3c(C)ccc3C)C=C2C(C)(C)C)C1. The molecular weight excluding hydrogens is 312 g/mol. The molecule has 0 aliphatic carbocycles. The zero-order valence-electron chi connectivity index (χ0n) is 16.7. The summed E-state index contributed by atoms with van der Waals surface area (Å²) in [6, 6.07) is 4.92. The Kier molecular flexibility index (Phi) is 5.28. The van der Waals surface area contributed by atoms with Gasteiger partial charge in [0.1, 0.15) is 6.17 Å². The number of hydrogen-bond donors (Lipinski definition) is 1. The molecule has 2 aliphatic rings. The molecule has 0 spiro atoms. The lowest BCUT2D eigenvalue weighted by Crippen LogP contribution is -2.46. The summed E-state index contributed by atoms with van der Waals surface area (Å²) in [6.45, 7) is 15.4. The number of methoxy groups -OCH3 is 1. The van der Waals surface area contributed by atoms with E-state index >= 15 is 0 Å². The van der Waals surface area contributed by atoms with Crippen molar-refractivity contribution < 1.29 is 4.74 Å². The van der Waals surface area contributed by atoms with Crippen LogP contribution in [0.15, 0.2) is 23.9 Å². The third-order valence-electron chi connectivity index (χ3n) is 5.44. The van der Waals surface area contributed by atoms with Gasteiger partial charge in [-0.3, -0.25) is 4.90 Å². The molecule has 0 bridgehead atoms. The van der Waals surface area contributed by atoms with Gasteiger partial charge in [0.15, 0.2) is 0 Å². The molecule has 1 N–H and O–H groups in total. The van der Waals surface area contributed by atoms with E-state index in [0.717, 1.165) is 26.2 Å². The summed E-state index contributed by atoms with van der Waals surface area (Å²) in [5.74, 6) is 0. The number of allylic oxidation sites excluding steroid dienone is 1. The maximum absolute atomic E-state index is 5.25. The molecule has 140 valence electrons. The van der Waals surface area contributed by atoms with Crippen molar-refractivity contribution >= 4 is 0 Å². The van der Waals surface area contributed by atoms with E-state index in [1.807, 2.05) is 0 Å². The Hall–Kier alpha value is -1.30. The highest BCUT2D eigenvalue weighted by Gasteiger charge is 2.38. The van der Waals surface area contributed by atoms with Crippen LogP contribution >= 0.6 is 0 Å². The summed E-state index contributed by atoms with van der Waals surface area (Å²) in [4.78, 5) is 2.51. The Morgan fingerprint density at radius 2 is 1.88 bits per heavy atom. The zero-order chi connectivity index (χ0) is 18.2. The standard InChI is InChI=1S/C20H34N4O/c1-15-7-8-16(2)23(15)19-13-18(20(3,4)5)24(21-19)17-9-10-22(14-17)11-12-25-6/h7-8,13,17,19,21H,9-12,14H2,1-6H3/t17-,19?/m1/s1. The Morgan fingerprint density at radius 3 is 2.48 bits per heavy atom. The molecule has 1 aromatic rings. The highest BCUT2D eigenvalue weighted by Crippen LogP contribution is 2.37. The lowest BCUT2D eigenvalue weighted by Gasteiger charge is -2.36. The minimum absolute atomic E-state index is 0.122. The first-order valence-corrected chi connectivity index (χ1v) is 9.44. The van der Waals surface area contributed by atoms with E-state index in [0.29, 0.717) is 6.04 Å². The zero-order valence-corrected chi connectivity index (χ0v) is 16.7. The first kappa shape index (κ1) is 18.5. The Labute approximate surface area is 152 Å². The van der Waals surface area contributed by atoms with Gasteiger partial charge in [-0.2, -0.15) is 0 Å². The van der Waals surface area contributed by atoms with Gasteiger partial charge in [0.05, 0.1) is 12.6 Å². The average Bonchev–Trinajstić information content (AvgIpc) is 3.23. The second-order valence-corrected chi connectivity index (χ2v) is 8.47. The van der Waals surface area contributed by atoms with Gasteiger partial charge in [-0.1, -0.05) is 20.8 Å². The smallest absolute Gasteiger partial charge is 0.122 e. The summed E-state index contributed by atoms with van der Waals surface area (Å²) in [7, 11) is 1.78. The highest BCUT2D eigenvalue weighted by molar-refractivity contribution is 5.23. The van der Waals surface area contributed by atoms with Crippen molar-refractivity contribution in [3.05, 3.63) is 35.3 Å². The van der Waals surface area contributed by atoms with E-state index in [1.165, 1.54) is 23.5 Å². The maximum Gasteiger partial charge on any atom is 0.122 e. The summed E-state index contributed by atoms with van der Waals surface area (Å²) < 4.78 is 7.64. The lowest BCUT2D eigenvalue weighted by molar-refractivity contribution is 0.125. The van der Waals surface area contributed by atoms with Gasteiger partial charge in [0.2, 0.25) is 0 Å². The summed E-state index contributed by atoms with van der Waals surface area (Å²) in [6.07, 6.45) is 3.82. The number of ether oxygens (including phenoxy) is 1. The van der Waals surface area contributed by atoms with E-state index < -0.39 is 0 Å². The van der Waals surface area contributed by atoms with Gasteiger partial charge in [0, 0.05) is 49.2 Å². The quantitative estimate of drug-likeness (QED) is 0.888. The molecule has 1 unspecified atom stereocenters. The second kappa shape index (κ2) is 7.14. The highest BCUT2D eigenvalue weighted by atomic mass is 16.5. The van der Waals surface area contributed by atoms with Crippen LogP contribution in [0.1, 0.15) is 44.7 Å². The average molecular weight is 347 g/mol. The molecule has 3 rings (SSSR count). The number of likely N-dealkylation sites (tertiary alicyclic amines) is 1.